The molecule has 1 aromatic rings. The second-order valence-corrected chi connectivity index (χ2v) is 8.99. The number of sulfonamides is 1. The molecule has 0 bridgehead atoms. The fraction of sp³-hybridized carbons (Fsp3) is 0.688. The lowest BCUT2D eigenvalue weighted by molar-refractivity contribution is -0.0506. The van der Waals surface area contributed by atoms with E-state index >= 15 is 0 Å². The number of hydrogen-bond acceptors (Lipinski definition) is 5. The van der Waals surface area contributed by atoms with Gasteiger partial charge in [0.15, 0.2) is 0 Å². The minimum atomic E-state index is -3.12. The van der Waals surface area contributed by atoms with Crippen molar-refractivity contribution >= 4 is 10.0 Å². The molecule has 126 valence electrons. The number of aromatic nitrogens is 1. The molecule has 23 heavy (non-hydrogen) atoms. The predicted molar refractivity (Wildman–Crippen MR) is 86.4 cm³/mol. The Morgan fingerprint density at radius 2 is 2.13 bits per heavy atom. The fourth-order valence-corrected chi connectivity index (χ4v) is 5.47. The van der Waals surface area contributed by atoms with Crippen LogP contribution in [0.3, 0.4) is 0 Å². The summed E-state index contributed by atoms with van der Waals surface area (Å²) >= 11 is 0. The van der Waals surface area contributed by atoms with Crippen molar-refractivity contribution < 1.29 is 13.2 Å². The Hall–Kier alpha value is -1.02. The normalized spacial score (nSPS) is 29.6. The van der Waals surface area contributed by atoms with E-state index in [2.05, 4.69) is 9.88 Å². The fourth-order valence-electron chi connectivity index (χ4n) is 3.60. The summed E-state index contributed by atoms with van der Waals surface area (Å²) in [5.41, 5.74) is 2.05. The summed E-state index contributed by atoms with van der Waals surface area (Å²) in [4.78, 5) is 6.90. The molecule has 0 unspecified atom stereocenters. The topological polar surface area (TPSA) is 62.7 Å². The molecule has 0 aromatic carbocycles. The van der Waals surface area contributed by atoms with E-state index < -0.39 is 10.0 Å². The third-order valence-electron chi connectivity index (χ3n) is 5.00. The van der Waals surface area contributed by atoms with Gasteiger partial charge in [-0.2, -0.15) is 4.31 Å². The van der Waals surface area contributed by atoms with Crippen LogP contribution in [0, 0.1) is 6.92 Å². The maximum absolute atomic E-state index is 12.5. The number of pyridine rings is 1. The molecule has 3 heterocycles. The highest BCUT2D eigenvalue weighted by molar-refractivity contribution is 7.90. The molecule has 6 nitrogen and oxygen atoms in total. The first kappa shape index (κ1) is 15.5. The zero-order chi connectivity index (χ0) is 16.0. The van der Waals surface area contributed by atoms with Crippen LogP contribution in [-0.2, 0) is 21.3 Å². The summed E-state index contributed by atoms with van der Waals surface area (Å²) in [5, 5.41) is -0.144. The maximum atomic E-state index is 12.5. The van der Waals surface area contributed by atoms with E-state index in [4.69, 9.17) is 4.74 Å². The van der Waals surface area contributed by atoms with Crippen LogP contribution < -0.4 is 0 Å². The van der Waals surface area contributed by atoms with Gasteiger partial charge in [0.25, 0.3) is 0 Å². The molecule has 2 aliphatic heterocycles. The number of fused-ring (bicyclic) bond motifs is 1. The zero-order valence-electron chi connectivity index (χ0n) is 13.4. The van der Waals surface area contributed by atoms with E-state index in [-0.39, 0.29) is 17.4 Å². The van der Waals surface area contributed by atoms with Crippen molar-refractivity contribution in [2.45, 2.75) is 43.7 Å². The summed E-state index contributed by atoms with van der Waals surface area (Å²) in [7, 11) is -3.12. The average Bonchev–Trinajstić information content (AvgIpc) is 3.27. The second-order valence-electron chi connectivity index (χ2n) is 6.78. The van der Waals surface area contributed by atoms with Gasteiger partial charge in [0.1, 0.15) is 0 Å². The number of aryl methyl sites for hydroxylation is 1. The van der Waals surface area contributed by atoms with Crippen LogP contribution in [0.5, 0.6) is 0 Å². The van der Waals surface area contributed by atoms with Crippen molar-refractivity contribution in [1.29, 1.82) is 0 Å². The molecular weight excluding hydrogens is 314 g/mol. The highest BCUT2D eigenvalue weighted by Gasteiger charge is 2.48. The number of rotatable bonds is 4. The third kappa shape index (κ3) is 3.03. The Bertz CT molecular complexity index is 690. The van der Waals surface area contributed by atoms with E-state index in [0.717, 1.165) is 37.3 Å². The molecule has 2 saturated heterocycles. The molecule has 3 fully saturated rings. The van der Waals surface area contributed by atoms with Gasteiger partial charge in [0, 0.05) is 31.9 Å². The summed E-state index contributed by atoms with van der Waals surface area (Å²) in [6.07, 6.45) is 1.61. The molecule has 0 N–H and O–H groups in total. The first-order valence-corrected chi connectivity index (χ1v) is 9.81. The van der Waals surface area contributed by atoms with E-state index in [1.807, 2.05) is 25.1 Å². The monoisotopic (exact) mass is 337 g/mol. The first-order chi connectivity index (χ1) is 11.0. The van der Waals surface area contributed by atoms with Gasteiger partial charge in [0.05, 0.1) is 29.7 Å². The minimum Gasteiger partial charge on any atom is -0.374 e. The smallest absolute Gasteiger partial charge is 0.217 e. The van der Waals surface area contributed by atoms with Crippen molar-refractivity contribution in [3.8, 4) is 0 Å². The largest absolute Gasteiger partial charge is 0.374 e. The van der Waals surface area contributed by atoms with Gasteiger partial charge in [-0.3, -0.25) is 9.88 Å². The summed E-state index contributed by atoms with van der Waals surface area (Å²) in [5.74, 6) is 0. The second kappa shape index (κ2) is 5.81. The van der Waals surface area contributed by atoms with Crippen LogP contribution in [0.15, 0.2) is 18.2 Å². The van der Waals surface area contributed by atoms with E-state index in [1.165, 1.54) is 0 Å². The Morgan fingerprint density at radius 1 is 1.30 bits per heavy atom. The van der Waals surface area contributed by atoms with Crippen molar-refractivity contribution in [2.24, 2.45) is 0 Å². The van der Waals surface area contributed by atoms with Crippen LogP contribution in [0.25, 0.3) is 0 Å². The SMILES string of the molecule is Cc1cccc(CN2CCO[C@@H]3CN(S(=O)(=O)C4CC4)C[C@@H]32)n1. The lowest BCUT2D eigenvalue weighted by Gasteiger charge is -2.36. The molecule has 1 aliphatic carbocycles. The number of ether oxygens (including phenoxy) is 1. The highest BCUT2D eigenvalue weighted by Crippen LogP contribution is 2.34. The molecule has 1 aromatic heterocycles. The van der Waals surface area contributed by atoms with Crippen LogP contribution in [0.2, 0.25) is 0 Å². The van der Waals surface area contributed by atoms with Crippen molar-refractivity contribution in [1.82, 2.24) is 14.2 Å². The number of hydrogen-bond donors (Lipinski definition) is 0. The van der Waals surface area contributed by atoms with Gasteiger partial charge in [0.2, 0.25) is 10.0 Å². The standard InChI is InChI=1S/C16H23N3O3S/c1-12-3-2-4-13(17-12)9-18-7-8-22-16-11-19(10-15(16)18)23(20,21)14-5-6-14/h2-4,14-16H,5-11H2,1H3/t15-,16+/m0/s1. The minimum absolute atomic E-state index is 0.0120. The molecule has 0 spiro atoms. The Labute approximate surface area is 137 Å². The van der Waals surface area contributed by atoms with Crippen LogP contribution in [-0.4, -0.2) is 66.2 Å². The lowest BCUT2D eigenvalue weighted by Crippen LogP contribution is -2.50. The van der Waals surface area contributed by atoms with Gasteiger partial charge in [-0.05, 0) is 31.9 Å². The van der Waals surface area contributed by atoms with Crippen molar-refractivity contribution in [3.05, 3.63) is 29.6 Å². The van der Waals surface area contributed by atoms with Crippen LogP contribution in [0.4, 0.5) is 0 Å². The van der Waals surface area contributed by atoms with Gasteiger partial charge < -0.3 is 4.74 Å². The molecule has 4 rings (SSSR count). The molecule has 7 heteroatoms. The number of nitrogens with zero attached hydrogens (tertiary/aromatic N) is 3. The predicted octanol–water partition coefficient (Wildman–Crippen LogP) is 0.767. The summed E-state index contributed by atoms with van der Waals surface area (Å²) in [6.45, 7) is 5.28. The molecule has 0 amide bonds. The highest BCUT2D eigenvalue weighted by atomic mass is 32.2. The van der Waals surface area contributed by atoms with Gasteiger partial charge in [-0.1, -0.05) is 6.07 Å². The summed E-state index contributed by atoms with van der Waals surface area (Å²) < 4.78 is 32.5. The lowest BCUT2D eigenvalue weighted by atomic mass is 10.1. The van der Waals surface area contributed by atoms with Crippen LogP contribution in [0.1, 0.15) is 24.2 Å². The van der Waals surface area contributed by atoms with Gasteiger partial charge in [-0.15, -0.1) is 0 Å². The van der Waals surface area contributed by atoms with Gasteiger partial charge >= 0.3 is 0 Å². The third-order valence-corrected chi connectivity index (χ3v) is 7.33. The van der Waals surface area contributed by atoms with E-state index in [9.17, 15) is 8.42 Å². The molecular formula is C16H23N3O3S. The molecule has 3 aliphatic rings. The molecule has 2 atom stereocenters. The van der Waals surface area contributed by atoms with Crippen molar-refractivity contribution in [3.63, 3.8) is 0 Å². The van der Waals surface area contributed by atoms with Gasteiger partial charge in [-0.25, -0.2) is 8.42 Å². The van der Waals surface area contributed by atoms with Crippen LogP contribution >= 0.6 is 0 Å². The Balaban J connectivity index is 1.49. The van der Waals surface area contributed by atoms with E-state index in [1.54, 1.807) is 4.31 Å². The number of morpholine rings is 1. The summed E-state index contributed by atoms with van der Waals surface area (Å²) in [6, 6.07) is 6.18. The maximum Gasteiger partial charge on any atom is 0.217 e. The average molecular weight is 337 g/mol. The zero-order valence-corrected chi connectivity index (χ0v) is 14.2. The van der Waals surface area contributed by atoms with Crippen molar-refractivity contribution in [2.75, 3.05) is 26.2 Å². The molecule has 1 saturated carbocycles. The quantitative estimate of drug-likeness (QED) is 0.812. The Morgan fingerprint density at radius 3 is 2.87 bits per heavy atom. The van der Waals surface area contributed by atoms with E-state index in [0.29, 0.717) is 19.7 Å². The Kier molecular flexibility index (Phi) is 3.91. The molecule has 0 radical (unpaired) electrons. The first-order valence-electron chi connectivity index (χ1n) is 8.31.